The van der Waals surface area contributed by atoms with E-state index in [1.54, 1.807) is 6.07 Å². The third-order valence-electron chi connectivity index (χ3n) is 5.53. The quantitative estimate of drug-likeness (QED) is 0.360. The Morgan fingerprint density at radius 1 is 0.971 bits per heavy atom. The molecule has 0 spiro atoms. The van der Waals surface area contributed by atoms with Crippen LogP contribution < -0.4 is 14.8 Å². The number of sulfonamides is 1. The van der Waals surface area contributed by atoms with Gasteiger partial charge in [-0.25, -0.2) is 13.1 Å². The zero-order valence-electron chi connectivity index (χ0n) is 19.5. The van der Waals surface area contributed by atoms with Gasteiger partial charge in [-0.2, -0.15) is 0 Å². The molecular formula is C26H29BrN2O4S. The minimum atomic E-state index is -3.89. The molecule has 0 atom stereocenters. The van der Waals surface area contributed by atoms with Crippen LogP contribution >= 0.6 is 15.9 Å². The Morgan fingerprint density at radius 2 is 1.62 bits per heavy atom. The molecule has 1 amide bonds. The average Bonchev–Trinajstić information content (AvgIpc) is 2.84. The van der Waals surface area contributed by atoms with Gasteiger partial charge in [-0.05, 0) is 66.3 Å². The van der Waals surface area contributed by atoms with E-state index in [9.17, 15) is 13.2 Å². The van der Waals surface area contributed by atoms with E-state index >= 15 is 0 Å². The van der Waals surface area contributed by atoms with E-state index in [-0.39, 0.29) is 28.7 Å². The Labute approximate surface area is 209 Å². The predicted molar refractivity (Wildman–Crippen MR) is 139 cm³/mol. The number of hydrogen-bond donors (Lipinski definition) is 2. The lowest BCUT2D eigenvalue weighted by Gasteiger charge is -2.16. The Balaban J connectivity index is 1.85. The maximum atomic E-state index is 13.1. The van der Waals surface area contributed by atoms with Crippen molar-refractivity contribution in [3.63, 3.8) is 0 Å². The van der Waals surface area contributed by atoms with Crippen LogP contribution in [0, 0.1) is 0 Å². The fraction of sp³-hybridized carbons (Fsp3) is 0.269. The Bertz CT molecular complexity index is 1240. The van der Waals surface area contributed by atoms with E-state index < -0.39 is 10.0 Å². The molecule has 0 saturated carbocycles. The third-order valence-corrected chi connectivity index (χ3v) is 7.47. The first-order chi connectivity index (χ1) is 16.3. The SMILES string of the molecule is CCc1cc(Br)cc(CC)c1NC(=O)c1ccc(OC)c(S(=O)(=O)NCCc2ccccc2)c1. The minimum Gasteiger partial charge on any atom is -0.495 e. The van der Waals surface area contributed by atoms with Gasteiger partial charge in [0.1, 0.15) is 10.6 Å². The van der Waals surface area contributed by atoms with Gasteiger partial charge in [0.2, 0.25) is 10.0 Å². The molecular weight excluding hydrogens is 516 g/mol. The van der Waals surface area contributed by atoms with Gasteiger partial charge in [0.15, 0.2) is 0 Å². The van der Waals surface area contributed by atoms with Gasteiger partial charge in [0, 0.05) is 22.3 Å². The van der Waals surface area contributed by atoms with Crippen LogP contribution in [-0.4, -0.2) is 28.0 Å². The highest BCUT2D eigenvalue weighted by molar-refractivity contribution is 9.10. The summed E-state index contributed by atoms with van der Waals surface area (Å²) >= 11 is 3.52. The second kappa shape index (κ2) is 11.6. The standard InChI is InChI=1S/C26H29BrN2O4S/c1-4-19-15-22(27)16-20(5-2)25(19)29-26(30)21-11-12-23(33-3)24(17-21)34(31,32)28-14-13-18-9-7-6-8-10-18/h6-12,15-17,28H,4-5,13-14H2,1-3H3,(H,29,30). The summed E-state index contributed by atoms with van der Waals surface area (Å²) in [5.74, 6) is -0.203. The number of ether oxygens (including phenoxy) is 1. The molecule has 3 aromatic rings. The van der Waals surface area contributed by atoms with Gasteiger partial charge >= 0.3 is 0 Å². The molecule has 2 N–H and O–H groups in total. The second-order valence-electron chi connectivity index (χ2n) is 7.76. The van der Waals surface area contributed by atoms with Crippen molar-refractivity contribution in [3.8, 4) is 5.75 Å². The summed E-state index contributed by atoms with van der Waals surface area (Å²) in [5, 5.41) is 2.99. The van der Waals surface area contributed by atoms with Crippen LogP contribution in [0.15, 0.2) is 70.0 Å². The Hall–Kier alpha value is -2.68. The number of carbonyl (C=O) groups is 1. The summed E-state index contributed by atoms with van der Waals surface area (Å²) in [4.78, 5) is 13.1. The molecule has 0 bridgehead atoms. The summed E-state index contributed by atoms with van der Waals surface area (Å²) in [6.45, 7) is 4.27. The van der Waals surface area contributed by atoms with Crippen LogP contribution in [0.4, 0.5) is 5.69 Å². The van der Waals surface area contributed by atoms with Crippen LogP contribution in [0.3, 0.4) is 0 Å². The van der Waals surface area contributed by atoms with E-state index in [1.165, 1.54) is 19.2 Å². The molecule has 0 aliphatic carbocycles. The maximum Gasteiger partial charge on any atom is 0.255 e. The predicted octanol–water partition coefficient (Wildman–Crippen LogP) is 5.36. The van der Waals surface area contributed by atoms with Crippen LogP contribution in [0.5, 0.6) is 5.75 Å². The number of hydrogen-bond acceptors (Lipinski definition) is 4. The maximum absolute atomic E-state index is 13.1. The number of aryl methyl sites for hydroxylation is 2. The van der Waals surface area contributed by atoms with Crippen molar-refractivity contribution in [2.45, 2.75) is 38.0 Å². The van der Waals surface area contributed by atoms with Crippen molar-refractivity contribution in [1.29, 1.82) is 0 Å². The number of methoxy groups -OCH3 is 1. The fourth-order valence-electron chi connectivity index (χ4n) is 3.71. The monoisotopic (exact) mass is 544 g/mol. The first kappa shape index (κ1) is 25.9. The van der Waals surface area contributed by atoms with E-state index in [0.717, 1.165) is 39.7 Å². The number of halogens is 1. The molecule has 34 heavy (non-hydrogen) atoms. The van der Waals surface area contributed by atoms with Crippen molar-refractivity contribution in [3.05, 3.63) is 87.4 Å². The van der Waals surface area contributed by atoms with Crippen molar-refractivity contribution in [2.24, 2.45) is 0 Å². The van der Waals surface area contributed by atoms with Crippen LogP contribution in [-0.2, 0) is 29.3 Å². The lowest BCUT2D eigenvalue weighted by molar-refractivity contribution is 0.102. The molecule has 0 fully saturated rings. The van der Waals surface area contributed by atoms with Crippen molar-refractivity contribution in [2.75, 3.05) is 19.0 Å². The zero-order chi connectivity index (χ0) is 24.7. The summed E-state index contributed by atoms with van der Waals surface area (Å²) in [7, 11) is -2.49. The zero-order valence-corrected chi connectivity index (χ0v) is 21.9. The van der Waals surface area contributed by atoms with Crippen molar-refractivity contribution < 1.29 is 17.9 Å². The second-order valence-corrected chi connectivity index (χ2v) is 10.4. The number of nitrogens with one attached hydrogen (secondary N) is 2. The average molecular weight is 545 g/mol. The molecule has 3 rings (SSSR count). The van der Waals surface area contributed by atoms with Crippen LogP contribution in [0.2, 0.25) is 0 Å². The van der Waals surface area contributed by atoms with E-state index in [2.05, 4.69) is 26.0 Å². The van der Waals surface area contributed by atoms with Crippen LogP contribution in [0.25, 0.3) is 0 Å². The van der Waals surface area contributed by atoms with E-state index in [4.69, 9.17) is 4.74 Å². The molecule has 3 aromatic carbocycles. The van der Waals surface area contributed by atoms with Gasteiger partial charge in [0.05, 0.1) is 7.11 Å². The van der Waals surface area contributed by atoms with Crippen molar-refractivity contribution in [1.82, 2.24) is 4.72 Å². The van der Waals surface area contributed by atoms with Gasteiger partial charge < -0.3 is 10.1 Å². The minimum absolute atomic E-state index is 0.0713. The normalized spacial score (nSPS) is 11.3. The van der Waals surface area contributed by atoms with Gasteiger partial charge in [-0.15, -0.1) is 0 Å². The molecule has 0 heterocycles. The molecule has 0 saturated heterocycles. The molecule has 0 aromatic heterocycles. The number of rotatable bonds is 10. The van der Waals surface area contributed by atoms with Gasteiger partial charge in [-0.3, -0.25) is 4.79 Å². The summed E-state index contributed by atoms with van der Waals surface area (Å²) in [6, 6.07) is 18.0. The molecule has 0 unspecified atom stereocenters. The third kappa shape index (κ3) is 6.25. The fourth-order valence-corrected chi connectivity index (χ4v) is 5.49. The highest BCUT2D eigenvalue weighted by Crippen LogP contribution is 2.29. The molecule has 180 valence electrons. The highest BCUT2D eigenvalue weighted by atomic mass is 79.9. The van der Waals surface area contributed by atoms with E-state index in [1.807, 2.05) is 56.3 Å². The number of anilines is 1. The molecule has 0 radical (unpaired) electrons. The number of benzene rings is 3. The first-order valence-electron chi connectivity index (χ1n) is 11.1. The summed E-state index contributed by atoms with van der Waals surface area (Å²) < 4.78 is 34.9. The van der Waals surface area contributed by atoms with E-state index in [0.29, 0.717) is 6.42 Å². The summed E-state index contributed by atoms with van der Waals surface area (Å²) in [6.07, 6.45) is 2.04. The molecule has 6 nitrogen and oxygen atoms in total. The highest BCUT2D eigenvalue weighted by Gasteiger charge is 2.22. The summed E-state index contributed by atoms with van der Waals surface area (Å²) in [5.41, 5.74) is 4.03. The molecule has 0 aliphatic heterocycles. The van der Waals surface area contributed by atoms with Gasteiger partial charge in [-0.1, -0.05) is 60.1 Å². The number of carbonyl (C=O) groups excluding carboxylic acids is 1. The lowest BCUT2D eigenvalue weighted by Crippen LogP contribution is -2.27. The first-order valence-corrected chi connectivity index (χ1v) is 13.4. The number of amides is 1. The largest absolute Gasteiger partial charge is 0.495 e. The lowest BCUT2D eigenvalue weighted by atomic mass is 10.0. The topological polar surface area (TPSA) is 84.5 Å². The van der Waals surface area contributed by atoms with Crippen LogP contribution in [0.1, 0.15) is 40.9 Å². The molecule has 8 heteroatoms. The Morgan fingerprint density at radius 3 is 2.21 bits per heavy atom. The smallest absolute Gasteiger partial charge is 0.255 e. The van der Waals surface area contributed by atoms with Gasteiger partial charge in [0.25, 0.3) is 5.91 Å². The Kier molecular flexibility index (Phi) is 8.88. The molecule has 0 aliphatic rings. The van der Waals surface area contributed by atoms with Crippen molar-refractivity contribution >= 4 is 37.5 Å².